The summed E-state index contributed by atoms with van der Waals surface area (Å²) in [6.45, 7) is 0.251. The Hall–Kier alpha value is -2.87. The number of hydrogen-bond acceptors (Lipinski definition) is 2. The van der Waals surface area contributed by atoms with Crippen LogP contribution < -0.4 is 9.44 Å². The van der Waals surface area contributed by atoms with Crippen molar-refractivity contribution in [3.05, 3.63) is 115 Å². The molecular weight excluding hydrogens is 648 g/mol. The average molecular weight is 673 g/mol. The number of fused-ring (bicyclic) bond motifs is 2. The van der Waals surface area contributed by atoms with E-state index >= 15 is 0 Å². The van der Waals surface area contributed by atoms with Crippen molar-refractivity contribution in [2.75, 3.05) is 12.4 Å². The van der Waals surface area contributed by atoms with Gasteiger partial charge in [0.1, 0.15) is 24.2 Å². The van der Waals surface area contributed by atoms with Gasteiger partial charge in [0.25, 0.3) is 0 Å². The Labute approximate surface area is 229 Å². The van der Waals surface area contributed by atoms with Gasteiger partial charge in [0.15, 0.2) is 9.79 Å². The molecule has 0 fully saturated rings. The Morgan fingerprint density at radius 1 is 0.641 bits per heavy atom. The number of aliphatic hydroxyl groups is 1. The first-order valence-electron chi connectivity index (χ1n) is 11.7. The summed E-state index contributed by atoms with van der Waals surface area (Å²) in [6, 6.07) is 39.6. The SMILES string of the molecule is OC(COc1c2ccccc2cc2ccccc12)C[S+](c1ccccc1)c1ccccc1.[F-].[F][Sb]([F])([F])([F])[F]. The van der Waals surface area contributed by atoms with Crippen molar-refractivity contribution >= 4 is 52.7 Å². The first-order chi connectivity index (χ1) is 18.0. The summed E-state index contributed by atoms with van der Waals surface area (Å²) >= 11 is -9.19. The fraction of sp³-hybridized carbons (Fsp3) is 0.103. The van der Waals surface area contributed by atoms with E-state index in [1.807, 2.05) is 36.4 Å². The number of ether oxygens (including phenoxy) is 1. The fourth-order valence-electron chi connectivity index (χ4n) is 4.05. The third kappa shape index (κ3) is 9.37. The molecule has 5 aromatic carbocycles. The van der Waals surface area contributed by atoms with Crippen molar-refractivity contribution in [3.63, 3.8) is 0 Å². The first-order valence-corrected chi connectivity index (χ1v) is 17.9. The molecule has 5 rings (SSSR count). The summed E-state index contributed by atoms with van der Waals surface area (Å²) in [5.41, 5.74) is 0. The summed E-state index contributed by atoms with van der Waals surface area (Å²) in [4.78, 5) is 2.46. The van der Waals surface area contributed by atoms with E-state index in [9.17, 15) is 19.2 Å². The van der Waals surface area contributed by atoms with Crippen LogP contribution in [-0.4, -0.2) is 43.9 Å². The monoisotopic (exact) mass is 672 g/mol. The molecule has 206 valence electrons. The number of rotatable bonds is 7. The van der Waals surface area contributed by atoms with E-state index < -0.39 is 26.4 Å². The summed E-state index contributed by atoms with van der Waals surface area (Å²) in [7, 11) is -0.223. The van der Waals surface area contributed by atoms with Crippen LogP contribution >= 0.6 is 0 Å². The van der Waals surface area contributed by atoms with Gasteiger partial charge in [-0.05, 0) is 41.1 Å². The van der Waals surface area contributed by atoms with Crippen LogP contribution in [0.5, 0.6) is 5.75 Å². The zero-order chi connectivity index (χ0) is 27.2. The van der Waals surface area contributed by atoms with Gasteiger partial charge in [-0.25, -0.2) is 0 Å². The Morgan fingerprint density at radius 3 is 1.46 bits per heavy atom. The normalized spacial score (nSPS) is 13.1. The van der Waals surface area contributed by atoms with Crippen LogP contribution in [0.15, 0.2) is 125 Å². The molecule has 0 bridgehead atoms. The van der Waals surface area contributed by atoms with E-state index in [1.165, 1.54) is 9.79 Å². The topological polar surface area (TPSA) is 29.5 Å². The number of benzene rings is 5. The van der Waals surface area contributed by atoms with Crippen LogP contribution in [0, 0.1) is 0 Å². The number of aliphatic hydroxyl groups excluding tert-OH is 1. The zero-order valence-electron chi connectivity index (χ0n) is 20.4. The van der Waals surface area contributed by atoms with Crippen LogP contribution in [0.4, 0.5) is 14.1 Å². The number of hydrogen-bond donors (Lipinski definition) is 1. The van der Waals surface area contributed by atoms with Gasteiger partial charge < -0.3 is 14.5 Å². The Balaban J connectivity index is 0.000000543. The molecule has 0 aliphatic rings. The second-order valence-corrected chi connectivity index (χ2v) is 14.1. The molecule has 1 atom stereocenters. The molecule has 39 heavy (non-hydrogen) atoms. The minimum atomic E-state index is -9.19. The Morgan fingerprint density at radius 2 is 1.03 bits per heavy atom. The van der Waals surface area contributed by atoms with E-state index in [1.54, 1.807) is 0 Å². The standard InChI is InChI=1S/C29H25O2S.6FH.Sb/c30-24(21-32(25-13-3-1-4-14-25)26-15-5-2-6-16-26)20-31-29-27-17-9-7-11-22(27)19-23-12-8-10-18-28(23)29;;;;;;;/h1-19,24,30H,20-21H2;6*1H;/q+1;;;;;;;+5/p-6. The molecule has 10 heteroatoms. The molecule has 0 spiro atoms. The fourth-order valence-corrected chi connectivity index (χ4v) is 6.15. The maximum absolute atomic E-state index is 11.0. The molecule has 1 unspecified atom stereocenters. The Kier molecular flexibility index (Phi) is 10.2. The van der Waals surface area contributed by atoms with Gasteiger partial charge in [-0.2, -0.15) is 0 Å². The van der Waals surface area contributed by atoms with Crippen molar-refractivity contribution in [2.24, 2.45) is 0 Å². The van der Waals surface area contributed by atoms with Gasteiger partial charge in [0.2, 0.25) is 0 Å². The molecule has 0 amide bonds. The Bertz CT molecular complexity index is 1390. The van der Waals surface area contributed by atoms with Crippen LogP contribution in [0.1, 0.15) is 0 Å². The third-order valence-corrected chi connectivity index (χ3v) is 7.96. The van der Waals surface area contributed by atoms with Gasteiger partial charge in [-0.3, -0.25) is 0 Å². The van der Waals surface area contributed by atoms with E-state index in [4.69, 9.17) is 4.74 Å². The summed E-state index contributed by atoms with van der Waals surface area (Å²) < 4.78 is 55.9. The van der Waals surface area contributed by atoms with Crippen molar-refractivity contribution in [2.45, 2.75) is 15.9 Å². The van der Waals surface area contributed by atoms with Crippen LogP contribution in [-0.2, 0) is 10.9 Å². The second-order valence-electron chi connectivity index (χ2n) is 8.44. The second kappa shape index (κ2) is 13.0. The summed E-state index contributed by atoms with van der Waals surface area (Å²) in [6.07, 6.45) is -0.587. The van der Waals surface area contributed by atoms with Gasteiger partial charge in [0, 0.05) is 10.8 Å². The van der Waals surface area contributed by atoms with Crippen molar-refractivity contribution < 1.29 is 28.6 Å². The maximum atomic E-state index is 11.0. The van der Waals surface area contributed by atoms with E-state index in [0.717, 1.165) is 27.3 Å². The molecule has 0 aliphatic heterocycles. The molecule has 0 aliphatic carbocycles. The predicted octanol–water partition coefficient (Wildman–Crippen LogP) is 5.19. The molecule has 0 aromatic heterocycles. The van der Waals surface area contributed by atoms with Gasteiger partial charge in [-0.15, -0.1) is 0 Å². The minimum absolute atomic E-state index is 0. The molecule has 0 heterocycles. The van der Waals surface area contributed by atoms with Gasteiger partial charge >= 0.3 is 34.4 Å². The van der Waals surface area contributed by atoms with Crippen molar-refractivity contribution in [3.8, 4) is 5.75 Å². The summed E-state index contributed by atoms with van der Waals surface area (Å²) in [5, 5.41) is 15.5. The molecule has 2 nitrogen and oxygen atoms in total. The van der Waals surface area contributed by atoms with Crippen LogP contribution in [0.2, 0.25) is 0 Å². The molecule has 5 aromatic rings. The van der Waals surface area contributed by atoms with Gasteiger partial charge in [-0.1, -0.05) is 84.9 Å². The van der Waals surface area contributed by atoms with Gasteiger partial charge in [0.05, 0.1) is 10.9 Å². The van der Waals surface area contributed by atoms with Crippen LogP contribution in [0.3, 0.4) is 0 Å². The number of halogens is 6. The average Bonchev–Trinajstić information content (AvgIpc) is 2.89. The van der Waals surface area contributed by atoms with Crippen molar-refractivity contribution in [1.82, 2.24) is 0 Å². The third-order valence-electron chi connectivity index (χ3n) is 5.56. The van der Waals surface area contributed by atoms with E-state index in [2.05, 4.69) is 78.9 Å². The van der Waals surface area contributed by atoms with E-state index in [0.29, 0.717) is 5.75 Å². The molecule has 1 N–H and O–H groups in total. The quantitative estimate of drug-likeness (QED) is 0.112. The van der Waals surface area contributed by atoms with E-state index in [-0.39, 0.29) is 22.2 Å². The van der Waals surface area contributed by atoms with Crippen LogP contribution in [0.25, 0.3) is 21.5 Å². The summed E-state index contributed by atoms with van der Waals surface area (Å²) in [5.74, 6) is 1.47. The zero-order valence-corrected chi connectivity index (χ0v) is 23.8. The molecular formula is C29H25F6O2SSb. The molecule has 0 saturated heterocycles. The molecule has 0 saturated carbocycles. The van der Waals surface area contributed by atoms with Crippen molar-refractivity contribution in [1.29, 1.82) is 0 Å². The molecule has 0 radical (unpaired) electrons. The first kappa shape index (κ1) is 30.7. The predicted molar refractivity (Wildman–Crippen MR) is 146 cm³/mol.